The standard InChI is InChI=1S/C17H14O5/c18-16(22-15-10-11-20-17(15)19)13-8-4-5-9-14(13)21-12-6-2-1-3-7-12/h1-9,15H,10-11H2/t15-/m0/s1. The maximum atomic E-state index is 12.2. The van der Waals surface area contributed by atoms with E-state index in [0.717, 1.165) is 0 Å². The normalized spacial score (nSPS) is 16.9. The molecule has 1 saturated heterocycles. The average molecular weight is 298 g/mol. The van der Waals surface area contributed by atoms with Crippen molar-refractivity contribution in [3.63, 3.8) is 0 Å². The summed E-state index contributed by atoms with van der Waals surface area (Å²) in [6.07, 6.45) is -0.455. The van der Waals surface area contributed by atoms with Crippen LogP contribution in [0.15, 0.2) is 54.6 Å². The number of hydrogen-bond acceptors (Lipinski definition) is 5. The van der Waals surface area contributed by atoms with Gasteiger partial charge >= 0.3 is 11.9 Å². The van der Waals surface area contributed by atoms with E-state index in [4.69, 9.17) is 14.2 Å². The minimum atomic E-state index is -0.836. The van der Waals surface area contributed by atoms with Crippen LogP contribution in [0.2, 0.25) is 0 Å². The third-order valence-corrected chi connectivity index (χ3v) is 3.21. The molecule has 0 radical (unpaired) electrons. The van der Waals surface area contributed by atoms with Crippen LogP contribution in [0.25, 0.3) is 0 Å². The van der Waals surface area contributed by atoms with Gasteiger partial charge in [-0.25, -0.2) is 9.59 Å². The highest BCUT2D eigenvalue weighted by Gasteiger charge is 2.31. The molecule has 5 heteroatoms. The van der Waals surface area contributed by atoms with Gasteiger partial charge in [-0.15, -0.1) is 0 Å². The Balaban J connectivity index is 1.78. The quantitative estimate of drug-likeness (QED) is 0.812. The van der Waals surface area contributed by atoms with Crippen molar-refractivity contribution < 1.29 is 23.8 Å². The summed E-state index contributed by atoms with van der Waals surface area (Å²) in [6.45, 7) is 0.277. The maximum Gasteiger partial charge on any atom is 0.347 e. The van der Waals surface area contributed by atoms with Crippen molar-refractivity contribution in [1.82, 2.24) is 0 Å². The molecule has 0 unspecified atom stereocenters. The molecule has 0 N–H and O–H groups in total. The number of para-hydroxylation sites is 2. The van der Waals surface area contributed by atoms with E-state index in [2.05, 4.69) is 0 Å². The second-order valence-corrected chi connectivity index (χ2v) is 4.76. The molecule has 2 aromatic rings. The highest BCUT2D eigenvalue weighted by molar-refractivity contribution is 5.94. The van der Waals surface area contributed by atoms with Gasteiger partial charge in [-0.3, -0.25) is 0 Å². The Hall–Kier alpha value is -2.82. The van der Waals surface area contributed by atoms with E-state index in [1.165, 1.54) is 0 Å². The summed E-state index contributed by atoms with van der Waals surface area (Å²) in [4.78, 5) is 23.6. The van der Waals surface area contributed by atoms with E-state index in [-0.39, 0.29) is 12.2 Å². The molecule has 0 bridgehead atoms. The SMILES string of the molecule is O=C(O[C@H]1CCOC1=O)c1ccccc1Oc1ccccc1. The van der Waals surface area contributed by atoms with E-state index in [1.807, 2.05) is 18.2 Å². The lowest BCUT2D eigenvalue weighted by Crippen LogP contribution is -2.22. The highest BCUT2D eigenvalue weighted by Crippen LogP contribution is 2.26. The lowest BCUT2D eigenvalue weighted by Gasteiger charge is -2.12. The molecule has 1 heterocycles. The largest absolute Gasteiger partial charge is 0.463 e. The lowest BCUT2D eigenvalue weighted by molar-refractivity contribution is -0.145. The van der Waals surface area contributed by atoms with Gasteiger partial charge in [0.2, 0.25) is 6.10 Å². The monoisotopic (exact) mass is 298 g/mol. The summed E-state index contributed by atoms with van der Waals surface area (Å²) in [6, 6.07) is 15.9. The summed E-state index contributed by atoms with van der Waals surface area (Å²) in [5, 5.41) is 0. The van der Waals surface area contributed by atoms with Gasteiger partial charge < -0.3 is 14.2 Å². The van der Waals surface area contributed by atoms with Crippen LogP contribution in [-0.2, 0) is 14.3 Å². The first-order valence-corrected chi connectivity index (χ1v) is 6.93. The molecule has 0 amide bonds. The predicted molar refractivity (Wildman–Crippen MR) is 77.7 cm³/mol. The Morgan fingerprint density at radius 2 is 1.77 bits per heavy atom. The molecule has 1 aliphatic rings. The van der Waals surface area contributed by atoms with Crippen molar-refractivity contribution in [2.45, 2.75) is 12.5 Å². The predicted octanol–water partition coefficient (Wildman–Crippen LogP) is 2.95. The number of rotatable bonds is 4. The van der Waals surface area contributed by atoms with Crippen molar-refractivity contribution in [3.05, 3.63) is 60.2 Å². The Morgan fingerprint density at radius 1 is 1.05 bits per heavy atom. The Kier molecular flexibility index (Phi) is 4.05. The number of cyclic esters (lactones) is 1. The van der Waals surface area contributed by atoms with Crippen molar-refractivity contribution in [1.29, 1.82) is 0 Å². The van der Waals surface area contributed by atoms with Gasteiger partial charge in [0.05, 0.1) is 6.61 Å². The van der Waals surface area contributed by atoms with E-state index >= 15 is 0 Å². The minimum absolute atomic E-state index is 0.269. The van der Waals surface area contributed by atoms with Gasteiger partial charge in [0.1, 0.15) is 17.1 Å². The summed E-state index contributed by atoms with van der Waals surface area (Å²) < 4.78 is 15.7. The number of carbonyl (C=O) groups excluding carboxylic acids is 2. The molecule has 2 aromatic carbocycles. The Morgan fingerprint density at radius 3 is 2.50 bits per heavy atom. The van der Waals surface area contributed by atoms with Crippen molar-refractivity contribution in [2.24, 2.45) is 0 Å². The summed E-state index contributed by atoms with van der Waals surface area (Å²) in [5.41, 5.74) is 0.269. The van der Waals surface area contributed by atoms with E-state index in [0.29, 0.717) is 17.9 Å². The second-order valence-electron chi connectivity index (χ2n) is 4.76. The molecule has 112 valence electrons. The van der Waals surface area contributed by atoms with Crippen molar-refractivity contribution >= 4 is 11.9 Å². The Labute approximate surface area is 127 Å². The maximum absolute atomic E-state index is 12.2. The van der Waals surface area contributed by atoms with E-state index in [9.17, 15) is 9.59 Å². The number of carbonyl (C=O) groups is 2. The second kappa shape index (κ2) is 6.30. The fourth-order valence-corrected chi connectivity index (χ4v) is 2.12. The van der Waals surface area contributed by atoms with Crippen LogP contribution in [0.4, 0.5) is 0 Å². The molecule has 0 aromatic heterocycles. The van der Waals surface area contributed by atoms with Gasteiger partial charge in [0.15, 0.2) is 0 Å². The van der Waals surface area contributed by atoms with Gasteiger partial charge in [-0.1, -0.05) is 30.3 Å². The van der Waals surface area contributed by atoms with E-state index in [1.54, 1.807) is 36.4 Å². The topological polar surface area (TPSA) is 61.8 Å². The zero-order valence-corrected chi connectivity index (χ0v) is 11.7. The summed E-state index contributed by atoms with van der Waals surface area (Å²) in [5.74, 6) is -0.113. The average Bonchev–Trinajstić information content (AvgIpc) is 2.94. The van der Waals surface area contributed by atoms with Gasteiger partial charge in [-0.2, -0.15) is 0 Å². The molecular weight excluding hydrogens is 284 g/mol. The molecule has 5 nitrogen and oxygen atoms in total. The van der Waals surface area contributed by atoms with Gasteiger partial charge in [0, 0.05) is 6.42 Å². The van der Waals surface area contributed by atoms with Crippen LogP contribution < -0.4 is 4.74 Å². The zero-order valence-electron chi connectivity index (χ0n) is 11.7. The molecule has 1 atom stereocenters. The van der Waals surface area contributed by atoms with Crippen LogP contribution in [-0.4, -0.2) is 24.6 Å². The summed E-state index contributed by atoms with van der Waals surface area (Å²) >= 11 is 0. The first kappa shape index (κ1) is 14.1. The number of esters is 2. The highest BCUT2D eigenvalue weighted by atomic mass is 16.6. The third-order valence-electron chi connectivity index (χ3n) is 3.21. The fraction of sp³-hybridized carbons (Fsp3) is 0.176. The fourth-order valence-electron chi connectivity index (χ4n) is 2.12. The van der Waals surface area contributed by atoms with Crippen LogP contribution in [0, 0.1) is 0 Å². The summed E-state index contributed by atoms with van der Waals surface area (Å²) in [7, 11) is 0. The molecule has 0 aliphatic carbocycles. The van der Waals surface area contributed by atoms with E-state index < -0.39 is 18.0 Å². The smallest absolute Gasteiger partial charge is 0.347 e. The molecular formula is C17H14O5. The lowest BCUT2D eigenvalue weighted by atomic mass is 10.2. The first-order valence-electron chi connectivity index (χ1n) is 6.93. The van der Waals surface area contributed by atoms with Gasteiger partial charge in [0.25, 0.3) is 0 Å². The minimum Gasteiger partial charge on any atom is -0.463 e. The molecule has 0 saturated carbocycles. The van der Waals surface area contributed by atoms with Crippen molar-refractivity contribution in [2.75, 3.05) is 6.61 Å². The Bertz CT molecular complexity index is 680. The van der Waals surface area contributed by atoms with Crippen molar-refractivity contribution in [3.8, 4) is 11.5 Å². The third kappa shape index (κ3) is 3.09. The van der Waals surface area contributed by atoms with Crippen LogP contribution >= 0.6 is 0 Å². The molecule has 0 spiro atoms. The number of benzene rings is 2. The van der Waals surface area contributed by atoms with Crippen LogP contribution in [0.1, 0.15) is 16.8 Å². The molecule has 1 fully saturated rings. The van der Waals surface area contributed by atoms with Gasteiger partial charge in [-0.05, 0) is 24.3 Å². The number of hydrogen-bond donors (Lipinski definition) is 0. The first-order chi connectivity index (χ1) is 10.7. The van der Waals surface area contributed by atoms with Crippen LogP contribution in [0.5, 0.6) is 11.5 Å². The van der Waals surface area contributed by atoms with Crippen LogP contribution in [0.3, 0.4) is 0 Å². The molecule has 3 rings (SSSR count). The molecule has 22 heavy (non-hydrogen) atoms. The number of ether oxygens (including phenoxy) is 3. The molecule has 1 aliphatic heterocycles. The zero-order chi connectivity index (χ0) is 15.4.